The van der Waals surface area contributed by atoms with Gasteiger partial charge in [0.05, 0.1) is 10.4 Å². The Hall–Kier alpha value is -2.27. The maximum atomic E-state index is 11.3. The van der Waals surface area contributed by atoms with Gasteiger partial charge in [-0.3, -0.25) is 10.1 Å². The molecule has 2 aromatic carbocycles. The number of hydrogen-bond acceptors (Lipinski definition) is 3. The summed E-state index contributed by atoms with van der Waals surface area (Å²) in [4.78, 5) is 15.3. The highest BCUT2D eigenvalue weighted by atomic mass is 79.9. The van der Waals surface area contributed by atoms with Crippen molar-refractivity contribution in [1.29, 1.82) is 0 Å². The fourth-order valence-corrected chi connectivity index (χ4v) is 2.33. The van der Waals surface area contributed by atoms with Crippen molar-refractivity contribution in [2.45, 2.75) is 0 Å². The molecular formula is C15H9BrN2O2. The second-order valence-electron chi connectivity index (χ2n) is 4.31. The van der Waals surface area contributed by atoms with E-state index in [0.717, 1.165) is 20.9 Å². The minimum Gasteiger partial charge on any atom is -0.258 e. The Morgan fingerprint density at radius 3 is 2.45 bits per heavy atom. The minimum atomic E-state index is -0.392. The summed E-state index contributed by atoms with van der Waals surface area (Å²) in [6.07, 6.45) is 0. The molecule has 0 atom stereocenters. The molecule has 1 aromatic heterocycles. The van der Waals surface area contributed by atoms with Gasteiger partial charge in [-0.15, -0.1) is 0 Å². The normalized spacial score (nSPS) is 10.7. The Balaban J connectivity index is 2.29. The summed E-state index contributed by atoms with van der Waals surface area (Å²) in [5, 5.41) is 12.0. The van der Waals surface area contributed by atoms with E-state index in [1.807, 2.05) is 48.5 Å². The molecule has 5 heteroatoms. The molecular weight excluding hydrogens is 320 g/mol. The van der Waals surface area contributed by atoms with Crippen molar-refractivity contribution in [2.75, 3.05) is 0 Å². The van der Waals surface area contributed by atoms with Crippen molar-refractivity contribution >= 4 is 32.5 Å². The second kappa shape index (κ2) is 5.02. The molecule has 0 saturated heterocycles. The monoisotopic (exact) mass is 328 g/mol. The zero-order valence-electron chi connectivity index (χ0n) is 10.3. The first-order valence-corrected chi connectivity index (χ1v) is 6.74. The lowest BCUT2D eigenvalue weighted by Gasteiger charge is -2.05. The predicted octanol–water partition coefficient (Wildman–Crippen LogP) is 4.57. The molecule has 20 heavy (non-hydrogen) atoms. The van der Waals surface area contributed by atoms with E-state index >= 15 is 0 Å². The Kier molecular flexibility index (Phi) is 3.20. The van der Waals surface area contributed by atoms with E-state index < -0.39 is 4.92 Å². The van der Waals surface area contributed by atoms with Crippen molar-refractivity contribution in [3.05, 3.63) is 69.2 Å². The molecule has 0 amide bonds. The lowest BCUT2D eigenvalue weighted by molar-refractivity contribution is -0.384. The Morgan fingerprint density at radius 2 is 1.75 bits per heavy atom. The van der Waals surface area contributed by atoms with Gasteiger partial charge in [0.1, 0.15) is 5.69 Å². The van der Waals surface area contributed by atoms with Gasteiger partial charge < -0.3 is 0 Å². The van der Waals surface area contributed by atoms with Crippen LogP contribution in [0.3, 0.4) is 0 Å². The number of halogens is 1. The molecule has 4 nitrogen and oxygen atoms in total. The van der Waals surface area contributed by atoms with Crippen molar-refractivity contribution in [2.24, 2.45) is 0 Å². The van der Waals surface area contributed by atoms with Crippen LogP contribution in [-0.2, 0) is 0 Å². The smallest absolute Gasteiger partial charge is 0.258 e. The van der Waals surface area contributed by atoms with Crippen molar-refractivity contribution in [1.82, 2.24) is 4.98 Å². The van der Waals surface area contributed by atoms with E-state index in [4.69, 9.17) is 0 Å². The van der Waals surface area contributed by atoms with Gasteiger partial charge in [0.2, 0.25) is 0 Å². The van der Waals surface area contributed by atoms with Crippen LogP contribution in [-0.4, -0.2) is 9.91 Å². The largest absolute Gasteiger partial charge is 0.296 e. The minimum absolute atomic E-state index is 0.0195. The Labute approximate surface area is 123 Å². The number of pyridine rings is 1. The lowest BCUT2D eigenvalue weighted by atomic mass is 10.1. The average molecular weight is 329 g/mol. The van der Waals surface area contributed by atoms with Crippen LogP contribution in [0.15, 0.2) is 59.1 Å². The van der Waals surface area contributed by atoms with Gasteiger partial charge in [0.25, 0.3) is 5.69 Å². The number of rotatable bonds is 2. The molecule has 3 aromatic rings. The van der Waals surface area contributed by atoms with Gasteiger partial charge in [-0.2, -0.15) is 0 Å². The van der Waals surface area contributed by atoms with Crippen LogP contribution in [0.5, 0.6) is 0 Å². The van der Waals surface area contributed by atoms with E-state index in [2.05, 4.69) is 20.9 Å². The topological polar surface area (TPSA) is 56.0 Å². The highest BCUT2D eigenvalue weighted by molar-refractivity contribution is 9.10. The average Bonchev–Trinajstić information content (AvgIpc) is 2.46. The van der Waals surface area contributed by atoms with Crippen LogP contribution in [0, 0.1) is 10.1 Å². The molecule has 0 saturated carbocycles. The summed E-state index contributed by atoms with van der Waals surface area (Å²) in [5.74, 6) is 0. The molecule has 0 unspecified atom stereocenters. The molecule has 0 spiro atoms. The Bertz CT molecular complexity index is 801. The van der Waals surface area contributed by atoms with Crippen LogP contribution in [0.25, 0.3) is 22.2 Å². The second-order valence-corrected chi connectivity index (χ2v) is 5.23. The highest BCUT2D eigenvalue weighted by Gasteiger charge is 2.18. The molecule has 0 fully saturated rings. The first kappa shape index (κ1) is 12.7. The van der Waals surface area contributed by atoms with E-state index in [1.54, 1.807) is 6.07 Å². The summed E-state index contributed by atoms with van der Waals surface area (Å²) in [6, 6.07) is 16.3. The third-order valence-corrected chi connectivity index (χ3v) is 3.55. The van der Waals surface area contributed by atoms with Gasteiger partial charge in [-0.25, -0.2) is 4.98 Å². The number of nitrogens with zero attached hydrogens (tertiary/aromatic N) is 2. The molecule has 0 aliphatic heterocycles. The van der Waals surface area contributed by atoms with Crippen molar-refractivity contribution in [3.8, 4) is 11.3 Å². The molecule has 1 heterocycles. The highest BCUT2D eigenvalue weighted by Crippen LogP contribution is 2.31. The van der Waals surface area contributed by atoms with Crippen molar-refractivity contribution in [3.63, 3.8) is 0 Å². The number of para-hydroxylation sites is 1. The van der Waals surface area contributed by atoms with E-state index in [0.29, 0.717) is 5.69 Å². The van der Waals surface area contributed by atoms with Gasteiger partial charge in [-0.05, 0) is 18.2 Å². The molecule has 0 radical (unpaired) electrons. The van der Waals surface area contributed by atoms with Crippen molar-refractivity contribution < 1.29 is 4.92 Å². The van der Waals surface area contributed by atoms with Gasteiger partial charge in [0.15, 0.2) is 0 Å². The van der Waals surface area contributed by atoms with Crippen LogP contribution in [0.2, 0.25) is 0 Å². The fourth-order valence-electron chi connectivity index (χ4n) is 2.06. The molecule has 0 N–H and O–H groups in total. The summed E-state index contributed by atoms with van der Waals surface area (Å²) in [6.45, 7) is 0. The number of fused-ring (bicyclic) bond motifs is 1. The first-order chi connectivity index (χ1) is 9.65. The standard InChI is InChI=1S/C15H9BrN2O2/c16-12-7-5-10(6-8-12)15-14(18(19)20)9-11-3-1-2-4-13(11)17-15/h1-9H. The fraction of sp³-hybridized carbons (Fsp3) is 0. The maximum Gasteiger partial charge on any atom is 0.296 e. The zero-order valence-corrected chi connectivity index (χ0v) is 11.9. The predicted molar refractivity (Wildman–Crippen MR) is 81.5 cm³/mol. The quantitative estimate of drug-likeness (QED) is 0.511. The Morgan fingerprint density at radius 1 is 1.05 bits per heavy atom. The van der Waals surface area contributed by atoms with E-state index in [-0.39, 0.29) is 5.69 Å². The molecule has 98 valence electrons. The molecule has 3 rings (SSSR count). The maximum absolute atomic E-state index is 11.3. The van der Waals surface area contributed by atoms with Gasteiger partial charge in [-0.1, -0.05) is 46.3 Å². The summed E-state index contributed by atoms with van der Waals surface area (Å²) < 4.78 is 0.921. The number of benzene rings is 2. The van der Waals surface area contributed by atoms with Gasteiger partial charge >= 0.3 is 0 Å². The summed E-state index contributed by atoms with van der Waals surface area (Å²) >= 11 is 3.35. The lowest BCUT2D eigenvalue weighted by Crippen LogP contribution is -1.95. The van der Waals surface area contributed by atoms with E-state index in [9.17, 15) is 10.1 Å². The molecule has 0 aliphatic rings. The van der Waals surface area contributed by atoms with Crippen LogP contribution in [0.4, 0.5) is 5.69 Å². The van der Waals surface area contributed by atoms with Crippen LogP contribution in [0.1, 0.15) is 0 Å². The third kappa shape index (κ3) is 2.28. The van der Waals surface area contributed by atoms with E-state index in [1.165, 1.54) is 0 Å². The molecule has 0 aliphatic carbocycles. The summed E-state index contributed by atoms with van der Waals surface area (Å²) in [7, 11) is 0. The SMILES string of the molecule is O=[N+]([O-])c1cc2ccccc2nc1-c1ccc(Br)cc1. The third-order valence-electron chi connectivity index (χ3n) is 3.02. The number of aromatic nitrogens is 1. The van der Waals surface area contributed by atoms with Crippen LogP contribution >= 0.6 is 15.9 Å². The first-order valence-electron chi connectivity index (χ1n) is 5.95. The number of hydrogen-bond donors (Lipinski definition) is 0. The zero-order chi connectivity index (χ0) is 14.1. The molecule has 0 bridgehead atoms. The number of nitro groups is 1. The van der Waals surface area contributed by atoms with Crippen LogP contribution < -0.4 is 0 Å². The van der Waals surface area contributed by atoms with Gasteiger partial charge in [0, 0.05) is 21.5 Å². The summed E-state index contributed by atoms with van der Waals surface area (Å²) in [5.41, 5.74) is 1.88.